The van der Waals surface area contributed by atoms with Gasteiger partial charge < -0.3 is 4.74 Å². The Morgan fingerprint density at radius 1 is 1.28 bits per heavy atom. The summed E-state index contributed by atoms with van der Waals surface area (Å²) in [6.07, 6.45) is 0.248. The number of nitrogens with zero attached hydrogens (tertiary/aromatic N) is 1. The standard InChI is InChI=1S/C17H15ClF3N3O/c18-15-4-3-12(6-14(15)17(19,20)21)25-8-11-5-16(23)24(9-22)7-13(11)10-1-2-10/h3-7,9-10,22-23H,1-2,8H2. The van der Waals surface area contributed by atoms with Gasteiger partial charge >= 0.3 is 6.18 Å². The van der Waals surface area contributed by atoms with Crippen LogP contribution in [0.15, 0.2) is 30.5 Å². The Balaban J connectivity index is 1.86. The van der Waals surface area contributed by atoms with E-state index in [2.05, 4.69) is 0 Å². The lowest BCUT2D eigenvalue weighted by Gasteiger charge is -2.14. The van der Waals surface area contributed by atoms with Crippen LogP contribution in [0.1, 0.15) is 35.4 Å². The monoisotopic (exact) mass is 369 g/mol. The van der Waals surface area contributed by atoms with Gasteiger partial charge in [0, 0.05) is 6.20 Å². The number of nitrogens with one attached hydrogen (secondary N) is 2. The maximum Gasteiger partial charge on any atom is 0.417 e. The van der Waals surface area contributed by atoms with Crippen molar-refractivity contribution in [3.8, 4) is 5.75 Å². The van der Waals surface area contributed by atoms with Crippen molar-refractivity contribution in [1.82, 2.24) is 4.57 Å². The second-order valence-electron chi connectivity index (χ2n) is 5.88. The second kappa shape index (κ2) is 6.55. The number of halogens is 4. The maximum atomic E-state index is 12.9. The van der Waals surface area contributed by atoms with E-state index in [0.29, 0.717) is 5.92 Å². The minimum Gasteiger partial charge on any atom is -0.489 e. The van der Waals surface area contributed by atoms with Crippen LogP contribution in [0.5, 0.6) is 5.75 Å². The molecule has 1 aliphatic rings. The average Bonchev–Trinajstić information content (AvgIpc) is 3.38. The van der Waals surface area contributed by atoms with Crippen LogP contribution in [-0.4, -0.2) is 10.9 Å². The SMILES string of the molecule is N=Cn1cc(C2CC2)c(COc2ccc(Cl)c(C(F)(F)F)c2)cc1=N. The van der Waals surface area contributed by atoms with Gasteiger partial charge in [-0.1, -0.05) is 11.6 Å². The first-order valence-electron chi connectivity index (χ1n) is 7.59. The molecule has 2 N–H and O–H groups in total. The minimum atomic E-state index is -4.55. The highest BCUT2D eigenvalue weighted by molar-refractivity contribution is 6.31. The summed E-state index contributed by atoms with van der Waals surface area (Å²) < 4.78 is 45.7. The van der Waals surface area contributed by atoms with Gasteiger partial charge in [-0.15, -0.1) is 0 Å². The molecule has 3 rings (SSSR count). The minimum absolute atomic E-state index is 0.0511. The molecule has 4 nitrogen and oxygen atoms in total. The van der Waals surface area contributed by atoms with Crippen LogP contribution in [-0.2, 0) is 12.8 Å². The van der Waals surface area contributed by atoms with Crippen molar-refractivity contribution in [3.63, 3.8) is 0 Å². The van der Waals surface area contributed by atoms with E-state index in [-0.39, 0.29) is 22.9 Å². The van der Waals surface area contributed by atoms with E-state index in [9.17, 15) is 13.2 Å². The molecule has 1 aromatic heterocycles. The highest BCUT2D eigenvalue weighted by Gasteiger charge is 2.33. The van der Waals surface area contributed by atoms with Gasteiger partial charge in [0.1, 0.15) is 17.8 Å². The number of hydrogen-bond acceptors (Lipinski definition) is 3. The van der Waals surface area contributed by atoms with Crippen LogP contribution < -0.4 is 10.2 Å². The Bertz CT molecular complexity index is 872. The quantitative estimate of drug-likeness (QED) is 0.589. The molecule has 0 aliphatic heterocycles. The third-order valence-electron chi connectivity index (χ3n) is 4.03. The van der Waals surface area contributed by atoms with Crippen molar-refractivity contribution in [1.29, 1.82) is 10.8 Å². The average molecular weight is 370 g/mol. The first kappa shape index (κ1) is 17.5. The van der Waals surface area contributed by atoms with Gasteiger partial charge in [-0.3, -0.25) is 15.4 Å². The number of alkyl halides is 3. The lowest BCUT2D eigenvalue weighted by molar-refractivity contribution is -0.137. The molecule has 1 aromatic carbocycles. The molecule has 8 heteroatoms. The van der Waals surface area contributed by atoms with Crippen LogP contribution in [0.2, 0.25) is 5.02 Å². The maximum absolute atomic E-state index is 12.9. The smallest absolute Gasteiger partial charge is 0.417 e. The summed E-state index contributed by atoms with van der Waals surface area (Å²) in [6, 6.07) is 5.00. The Kier molecular flexibility index (Phi) is 4.60. The first-order chi connectivity index (χ1) is 11.8. The van der Waals surface area contributed by atoms with E-state index in [1.807, 2.05) is 0 Å². The molecule has 1 heterocycles. The lowest BCUT2D eigenvalue weighted by atomic mass is 10.1. The molecule has 0 bridgehead atoms. The Morgan fingerprint density at radius 3 is 2.60 bits per heavy atom. The number of benzene rings is 1. The third-order valence-corrected chi connectivity index (χ3v) is 4.36. The predicted octanol–water partition coefficient (Wildman–Crippen LogP) is 4.55. The van der Waals surface area contributed by atoms with Crippen LogP contribution in [0.3, 0.4) is 0 Å². The van der Waals surface area contributed by atoms with E-state index in [1.165, 1.54) is 10.6 Å². The number of ether oxygens (including phenoxy) is 1. The summed E-state index contributed by atoms with van der Waals surface area (Å²) in [7, 11) is 0. The molecule has 0 unspecified atom stereocenters. The van der Waals surface area contributed by atoms with Crippen molar-refractivity contribution < 1.29 is 17.9 Å². The fraction of sp³-hybridized carbons (Fsp3) is 0.294. The molecular formula is C17H15ClF3N3O. The van der Waals surface area contributed by atoms with Crippen LogP contribution in [0.25, 0.3) is 0 Å². The molecule has 0 saturated heterocycles. The van der Waals surface area contributed by atoms with Crippen molar-refractivity contribution >= 4 is 17.9 Å². The van der Waals surface area contributed by atoms with E-state index in [4.69, 9.17) is 27.2 Å². The van der Waals surface area contributed by atoms with E-state index in [1.54, 1.807) is 12.3 Å². The van der Waals surface area contributed by atoms with Crippen molar-refractivity contribution in [2.75, 3.05) is 0 Å². The van der Waals surface area contributed by atoms with Crippen LogP contribution in [0, 0.1) is 10.8 Å². The molecule has 0 atom stereocenters. The summed E-state index contributed by atoms with van der Waals surface area (Å²) in [5.41, 5.74) is 0.883. The fourth-order valence-corrected chi connectivity index (χ4v) is 2.82. The molecule has 1 saturated carbocycles. The summed E-state index contributed by atoms with van der Waals surface area (Å²) in [4.78, 5) is 0. The highest BCUT2D eigenvalue weighted by atomic mass is 35.5. The number of rotatable bonds is 5. The molecule has 0 radical (unpaired) electrons. The number of pyridine rings is 1. The van der Waals surface area contributed by atoms with Gasteiger partial charge in [-0.25, -0.2) is 0 Å². The largest absolute Gasteiger partial charge is 0.489 e. The second-order valence-corrected chi connectivity index (χ2v) is 6.29. The predicted molar refractivity (Wildman–Crippen MR) is 87.2 cm³/mol. The molecule has 0 amide bonds. The molecule has 132 valence electrons. The first-order valence-corrected chi connectivity index (χ1v) is 7.97. The Hall–Kier alpha value is -2.28. The van der Waals surface area contributed by atoms with Crippen molar-refractivity contribution in [3.05, 3.63) is 57.7 Å². The van der Waals surface area contributed by atoms with Crippen LogP contribution in [0.4, 0.5) is 13.2 Å². The van der Waals surface area contributed by atoms with Crippen molar-refractivity contribution in [2.24, 2.45) is 0 Å². The van der Waals surface area contributed by atoms with Crippen molar-refractivity contribution in [2.45, 2.75) is 31.5 Å². The van der Waals surface area contributed by atoms with E-state index in [0.717, 1.165) is 42.4 Å². The number of hydrogen-bond donors (Lipinski definition) is 2. The lowest BCUT2D eigenvalue weighted by Crippen LogP contribution is -2.21. The summed E-state index contributed by atoms with van der Waals surface area (Å²) in [5, 5.41) is 14.8. The summed E-state index contributed by atoms with van der Waals surface area (Å²) >= 11 is 5.60. The van der Waals surface area contributed by atoms with Gasteiger partial charge in [0.25, 0.3) is 0 Å². The Morgan fingerprint density at radius 2 is 2.00 bits per heavy atom. The van der Waals surface area contributed by atoms with Gasteiger partial charge in [0.15, 0.2) is 0 Å². The molecule has 1 aliphatic carbocycles. The third kappa shape index (κ3) is 3.87. The van der Waals surface area contributed by atoms with Gasteiger partial charge in [-0.2, -0.15) is 13.2 Å². The molecule has 25 heavy (non-hydrogen) atoms. The fourth-order valence-electron chi connectivity index (χ4n) is 2.59. The van der Waals surface area contributed by atoms with E-state index < -0.39 is 11.7 Å². The van der Waals surface area contributed by atoms with Gasteiger partial charge in [0.2, 0.25) is 0 Å². The zero-order chi connectivity index (χ0) is 18.2. The van der Waals surface area contributed by atoms with Gasteiger partial charge in [0.05, 0.1) is 16.9 Å². The normalized spacial score (nSPS) is 14.4. The molecular weight excluding hydrogens is 355 g/mol. The zero-order valence-electron chi connectivity index (χ0n) is 13.0. The number of aromatic nitrogens is 1. The van der Waals surface area contributed by atoms with E-state index >= 15 is 0 Å². The Labute approximate surface area is 146 Å². The molecule has 0 spiro atoms. The zero-order valence-corrected chi connectivity index (χ0v) is 13.8. The topological polar surface area (TPSA) is 61.9 Å². The molecule has 2 aromatic rings. The summed E-state index contributed by atoms with van der Waals surface area (Å²) in [5.74, 6) is 0.412. The van der Waals surface area contributed by atoms with Crippen LogP contribution >= 0.6 is 11.6 Å². The summed E-state index contributed by atoms with van der Waals surface area (Å²) in [6.45, 7) is 0.0511. The van der Waals surface area contributed by atoms with Gasteiger partial charge in [-0.05, 0) is 54.2 Å². The highest BCUT2D eigenvalue weighted by Crippen LogP contribution is 2.41. The molecule has 1 fully saturated rings.